The van der Waals surface area contributed by atoms with Gasteiger partial charge in [-0.15, -0.1) is 0 Å². The van der Waals surface area contributed by atoms with Crippen molar-refractivity contribution in [2.45, 2.75) is 37.0 Å². The number of aliphatic hydroxyl groups excluding tert-OH is 1. The van der Waals surface area contributed by atoms with Gasteiger partial charge in [-0.25, -0.2) is 0 Å². The summed E-state index contributed by atoms with van der Waals surface area (Å²) in [5.41, 5.74) is 2.90. The summed E-state index contributed by atoms with van der Waals surface area (Å²) in [6.07, 6.45) is 4.83. The lowest BCUT2D eigenvalue weighted by atomic mass is 9.65. The summed E-state index contributed by atoms with van der Waals surface area (Å²) >= 11 is 0. The van der Waals surface area contributed by atoms with Crippen LogP contribution >= 0.6 is 0 Å². The van der Waals surface area contributed by atoms with Crippen LogP contribution in [0.3, 0.4) is 0 Å². The minimum Gasteiger partial charge on any atom is -0.395 e. The maximum atomic E-state index is 9.60. The molecule has 2 heteroatoms. The van der Waals surface area contributed by atoms with E-state index in [1.165, 1.54) is 37.1 Å². The van der Waals surface area contributed by atoms with E-state index in [9.17, 15) is 5.11 Å². The Morgan fingerprint density at radius 3 is 2.44 bits per heavy atom. The minimum absolute atomic E-state index is 0.0883. The van der Waals surface area contributed by atoms with Crippen molar-refractivity contribution >= 4 is 0 Å². The minimum atomic E-state index is 0.0883. The molecule has 1 saturated carbocycles. The second-order valence-corrected chi connectivity index (χ2v) is 6.16. The molecule has 1 aliphatic carbocycles. The summed E-state index contributed by atoms with van der Waals surface area (Å²) in [6, 6.07) is 9.08. The first-order chi connectivity index (χ1) is 8.73. The third-order valence-electron chi connectivity index (χ3n) is 5.00. The van der Waals surface area contributed by atoms with Crippen molar-refractivity contribution < 1.29 is 5.11 Å². The maximum Gasteiger partial charge on any atom is 0.0527 e. The molecule has 98 valence electrons. The zero-order valence-electron chi connectivity index (χ0n) is 11.2. The summed E-state index contributed by atoms with van der Waals surface area (Å²) in [4.78, 5) is 2.40. The third kappa shape index (κ3) is 1.98. The summed E-state index contributed by atoms with van der Waals surface area (Å²) in [7, 11) is 2.20. The molecule has 0 amide bonds. The first-order valence-electron chi connectivity index (χ1n) is 7.13. The van der Waals surface area contributed by atoms with Crippen LogP contribution < -0.4 is 0 Å². The van der Waals surface area contributed by atoms with E-state index >= 15 is 0 Å². The van der Waals surface area contributed by atoms with Gasteiger partial charge in [-0.3, -0.25) is 0 Å². The molecule has 1 atom stereocenters. The highest BCUT2D eigenvalue weighted by atomic mass is 16.3. The van der Waals surface area contributed by atoms with Gasteiger partial charge in [-0.2, -0.15) is 0 Å². The Labute approximate surface area is 110 Å². The Hall–Kier alpha value is -0.860. The Morgan fingerprint density at radius 1 is 1.28 bits per heavy atom. The smallest absolute Gasteiger partial charge is 0.0527 e. The van der Waals surface area contributed by atoms with Crippen LogP contribution in [0.15, 0.2) is 24.3 Å². The lowest BCUT2D eigenvalue weighted by molar-refractivity contribution is 0.120. The van der Waals surface area contributed by atoms with Gasteiger partial charge in [-0.1, -0.05) is 30.7 Å². The molecule has 1 heterocycles. The van der Waals surface area contributed by atoms with Gasteiger partial charge in [0.1, 0.15) is 0 Å². The van der Waals surface area contributed by atoms with E-state index < -0.39 is 0 Å². The van der Waals surface area contributed by atoms with Gasteiger partial charge in [0.05, 0.1) is 6.61 Å². The fourth-order valence-corrected chi connectivity index (χ4v) is 3.46. The van der Waals surface area contributed by atoms with E-state index in [1.807, 2.05) is 0 Å². The summed E-state index contributed by atoms with van der Waals surface area (Å²) < 4.78 is 0. The van der Waals surface area contributed by atoms with Crippen LogP contribution in [-0.2, 0) is 5.41 Å². The van der Waals surface area contributed by atoms with Gasteiger partial charge in [0.25, 0.3) is 0 Å². The molecule has 18 heavy (non-hydrogen) atoms. The zero-order chi connectivity index (χ0) is 12.6. The molecule has 2 aliphatic rings. The van der Waals surface area contributed by atoms with Crippen LogP contribution in [0.2, 0.25) is 0 Å². The predicted molar refractivity (Wildman–Crippen MR) is 73.9 cm³/mol. The van der Waals surface area contributed by atoms with Gasteiger partial charge in [0, 0.05) is 12.0 Å². The van der Waals surface area contributed by atoms with Crippen molar-refractivity contribution in [1.82, 2.24) is 4.90 Å². The number of aliphatic hydroxyl groups is 1. The van der Waals surface area contributed by atoms with Gasteiger partial charge >= 0.3 is 0 Å². The van der Waals surface area contributed by atoms with Crippen LogP contribution in [0.5, 0.6) is 0 Å². The van der Waals surface area contributed by atoms with Crippen molar-refractivity contribution in [1.29, 1.82) is 0 Å². The first kappa shape index (κ1) is 12.2. The van der Waals surface area contributed by atoms with Crippen LogP contribution in [0.1, 0.15) is 42.7 Å². The Morgan fingerprint density at radius 2 is 2.00 bits per heavy atom. The summed E-state index contributed by atoms with van der Waals surface area (Å²) in [5, 5.41) is 9.60. The van der Waals surface area contributed by atoms with Crippen LogP contribution in [0.25, 0.3) is 0 Å². The second-order valence-electron chi connectivity index (χ2n) is 6.16. The fraction of sp³-hybridized carbons (Fsp3) is 0.625. The van der Waals surface area contributed by atoms with Gasteiger partial charge in [0.15, 0.2) is 0 Å². The molecule has 1 aromatic rings. The zero-order valence-corrected chi connectivity index (χ0v) is 11.2. The molecular weight excluding hydrogens is 222 g/mol. The normalized spacial score (nSPS) is 27.1. The molecule has 1 aromatic carbocycles. The molecule has 1 saturated heterocycles. The van der Waals surface area contributed by atoms with Gasteiger partial charge < -0.3 is 10.0 Å². The maximum absolute atomic E-state index is 9.60. The van der Waals surface area contributed by atoms with Crippen molar-refractivity contribution in [2.24, 2.45) is 0 Å². The molecule has 1 aliphatic heterocycles. The number of hydrogen-bond donors (Lipinski definition) is 1. The quantitative estimate of drug-likeness (QED) is 0.884. The topological polar surface area (TPSA) is 23.5 Å². The fourth-order valence-electron chi connectivity index (χ4n) is 3.46. The Balaban J connectivity index is 1.77. The molecule has 2 fully saturated rings. The number of hydrogen-bond acceptors (Lipinski definition) is 2. The number of benzene rings is 1. The highest BCUT2D eigenvalue weighted by Gasteiger charge is 2.37. The van der Waals surface area contributed by atoms with E-state index in [1.54, 1.807) is 0 Å². The summed E-state index contributed by atoms with van der Waals surface area (Å²) in [6.45, 7) is 2.70. The Kier molecular flexibility index (Phi) is 3.16. The van der Waals surface area contributed by atoms with Crippen molar-refractivity contribution in [3.8, 4) is 0 Å². The molecule has 2 nitrogen and oxygen atoms in total. The second kappa shape index (κ2) is 4.67. The van der Waals surface area contributed by atoms with E-state index in [-0.39, 0.29) is 5.41 Å². The number of likely N-dealkylation sites (tertiary alicyclic amines) is 1. The molecule has 1 N–H and O–H groups in total. The van der Waals surface area contributed by atoms with Crippen LogP contribution in [-0.4, -0.2) is 36.8 Å². The van der Waals surface area contributed by atoms with Crippen molar-refractivity contribution in [2.75, 3.05) is 26.7 Å². The average molecular weight is 245 g/mol. The van der Waals surface area contributed by atoms with Crippen LogP contribution in [0.4, 0.5) is 0 Å². The van der Waals surface area contributed by atoms with E-state index in [2.05, 4.69) is 36.2 Å². The number of rotatable bonds is 3. The average Bonchev–Trinajstić information content (AvgIpc) is 2.76. The highest BCUT2D eigenvalue weighted by Crippen LogP contribution is 2.43. The van der Waals surface area contributed by atoms with Crippen molar-refractivity contribution in [3.63, 3.8) is 0 Å². The van der Waals surface area contributed by atoms with E-state index in [0.717, 1.165) is 12.8 Å². The van der Waals surface area contributed by atoms with Crippen LogP contribution in [0, 0.1) is 0 Å². The SMILES string of the molecule is CN1CCC(c2ccc(C3(CO)CCC3)cc2)C1. The third-order valence-corrected chi connectivity index (χ3v) is 5.00. The lowest BCUT2D eigenvalue weighted by Crippen LogP contribution is -2.37. The molecular formula is C16H23NO. The monoisotopic (exact) mass is 245 g/mol. The number of nitrogens with zero attached hydrogens (tertiary/aromatic N) is 1. The van der Waals surface area contributed by atoms with Crippen molar-refractivity contribution in [3.05, 3.63) is 35.4 Å². The number of likely N-dealkylation sites (N-methyl/N-ethyl adjacent to an activating group) is 1. The molecule has 0 bridgehead atoms. The molecule has 1 unspecified atom stereocenters. The van der Waals surface area contributed by atoms with E-state index in [4.69, 9.17) is 0 Å². The van der Waals surface area contributed by atoms with E-state index in [0.29, 0.717) is 12.5 Å². The van der Waals surface area contributed by atoms with Gasteiger partial charge in [-0.05, 0) is 49.9 Å². The predicted octanol–water partition coefficient (Wildman–Crippen LogP) is 2.52. The first-order valence-corrected chi connectivity index (χ1v) is 7.13. The molecule has 0 aromatic heterocycles. The lowest BCUT2D eigenvalue weighted by Gasteiger charge is -2.41. The standard InChI is InChI=1S/C16H23NO/c1-17-10-7-14(11-17)13-3-5-15(6-4-13)16(12-18)8-2-9-16/h3-6,14,18H,2,7-12H2,1H3. The largest absolute Gasteiger partial charge is 0.395 e. The Bertz CT molecular complexity index is 402. The van der Waals surface area contributed by atoms with Gasteiger partial charge in [0.2, 0.25) is 0 Å². The molecule has 0 spiro atoms. The highest BCUT2D eigenvalue weighted by molar-refractivity contribution is 5.33. The molecule has 3 rings (SSSR count). The summed E-state index contributed by atoms with van der Waals surface area (Å²) in [5.74, 6) is 0.704. The molecule has 0 radical (unpaired) electrons.